The first kappa shape index (κ1) is 18.3. The molecule has 0 saturated carbocycles. The van der Waals surface area contributed by atoms with Crippen molar-refractivity contribution in [3.05, 3.63) is 24.2 Å². The molecule has 1 fully saturated rings. The Balaban J connectivity index is 1.73. The number of rotatable bonds is 5. The van der Waals surface area contributed by atoms with Crippen molar-refractivity contribution in [3.8, 4) is 11.9 Å². The zero-order valence-corrected chi connectivity index (χ0v) is 16.4. The summed E-state index contributed by atoms with van der Waals surface area (Å²) in [6.07, 6.45) is 3.54. The third-order valence-electron chi connectivity index (χ3n) is 4.74. The van der Waals surface area contributed by atoms with E-state index in [1.807, 2.05) is 37.7 Å². The normalized spacial score (nSPS) is 19.3. The molecule has 9 nitrogen and oxygen atoms in total. The van der Waals surface area contributed by atoms with E-state index in [4.69, 9.17) is 9.47 Å². The molecule has 0 spiro atoms. The summed E-state index contributed by atoms with van der Waals surface area (Å²) in [6.45, 7) is 7.26. The largest absolute Gasteiger partial charge is 0.472 e. The smallest absolute Gasteiger partial charge is 0.257 e. The molecule has 3 aromatic rings. The molecule has 2 atom stereocenters. The van der Waals surface area contributed by atoms with Gasteiger partial charge in [-0.2, -0.15) is 10.2 Å². The molecule has 0 aliphatic carbocycles. The summed E-state index contributed by atoms with van der Waals surface area (Å²) in [5, 5.41) is 17.9. The Hall–Kier alpha value is -3.12. The van der Waals surface area contributed by atoms with Gasteiger partial charge in [0.2, 0.25) is 5.95 Å². The van der Waals surface area contributed by atoms with Crippen LogP contribution in [0, 0.1) is 17.2 Å². The molecule has 3 aromatic heterocycles. The Kier molecular flexibility index (Phi) is 4.65. The molecule has 9 heteroatoms. The molecule has 0 aromatic carbocycles. The van der Waals surface area contributed by atoms with Crippen LogP contribution >= 0.6 is 0 Å². The van der Waals surface area contributed by atoms with E-state index in [0.29, 0.717) is 48.0 Å². The zero-order valence-electron chi connectivity index (χ0n) is 16.4. The second kappa shape index (κ2) is 7.13. The highest BCUT2D eigenvalue weighted by atomic mass is 16.5. The Bertz CT molecular complexity index is 1050. The van der Waals surface area contributed by atoms with Crippen molar-refractivity contribution in [2.45, 2.75) is 32.9 Å². The number of nitrogens with zero attached hydrogens (tertiary/aromatic N) is 6. The average molecular weight is 381 g/mol. The highest BCUT2D eigenvalue weighted by molar-refractivity contribution is 5.79. The van der Waals surface area contributed by atoms with Gasteiger partial charge < -0.3 is 19.4 Å². The molecule has 1 aliphatic rings. The van der Waals surface area contributed by atoms with Crippen molar-refractivity contribution >= 4 is 22.7 Å². The number of hydrogen-bond donors (Lipinski definition) is 1. The predicted molar refractivity (Wildman–Crippen MR) is 104 cm³/mol. The molecule has 0 unspecified atom stereocenters. The molecule has 0 amide bonds. The molecule has 4 heterocycles. The summed E-state index contributed by atoms with van der Waals surface area (Å²) in [7, 11) is 1.83. The number of nitriles is 1. The predicted octanol–water partition coefficient (Wildman–Crippen LogP) is 2.77. The first-order valence-corrected chi connectivity index (χ1v) is 9.29. The Morgan fingerprint density at radius 2 is 2.21 bits per heavy atom. The van der Waals surface area contributed by atoms with Gasteiger partial charge in [-0.25, -0.2) is 4.98 Å². The lowest BCUT2D eigenvalue weighted by atomic mass is 10.1. The van der Waals surface area contributed by atoms with Crippen LogP contribution in [0.2, 0.25) is 0 Å². The summed E-state index contributed by atoms with van der Waals surface area (Å²) >= 11 is 0. The SMILES string of the molecule is CC(C)Oc1nn(C)cc1Nc1ncc2cc(C#N)n([C@H]3COC[C@@H]3C)c2n1. The van der Waals surface area contributed by atoms with E-state index >= 15 is 0 Å². The van der Waals surface area contributed by atoms with Crippen molar-refractivity contribution in [1.29, 1.82) is 5.26 Å². The molecule has 28 heavy (non-hydrogen) atoms. The number of aryl methyl sites for hydroxylation is 1. The van der Waals surface area contributed by atoms with Crippen molar-refractivity contribution in [2.24, 2.45) is 13.0 Å². The van der Waals surface area contributed by atoms with E-state index in [9.17, 15) is 5.26 Å². The van der Waals surface area contributed by atoms with Gasteiger partial charge in [0, 0.05) is 24.5 Å². The highest BCUT2D eigenvalue weighted by Crippen LogP contribution is 2.32. The fraction of sp³-hybridized carbons (Fsp3) is 0.474. The van der Waals surface area contributed by atoms with Crippen LogP contribution < -0.4 is 10.1 Å². The molecule has 0 radical (unpaired) electrons. The van der Waals surface area contributed by atoms with Gasteiger partial charge >= 0.3 is 0 Å². The molecule has 1 aliphatic heterocycles. The molecular weight excluding hydrogens is 358 g/mol. The van der Waals surface area contributed by atoms with Crippen molar-refractivity contribution in [1.82, 2.24) is 24.3 Å². The number of ether oxygens (including phenoxy) is 2. The fourth-order valence-electron chi connectivity index (χ4n) is 3.45. The van der Waals surface area contributed by atoms with Gasteiger partial charge in [0.15, 0.2) is 0 Å². The summed E-state index contributed by atoms with van der Waals surface area (Å²) in [5.74, 6) is 1.22. The average Bonchev–Trinajstić information content (AvgIpc) is 3.31. The third kappa shape index (κ3) is 3.27. The maximum Gasteiger partial charge on any atom is 0.257 e. The van der Waals surface area contributed by atoms with Crippen LogP contribution in [-0.2, 0) is 11.8 Å². The van der Waals surface area contributed by atoms with E-state index < -0.39 is 0 Å². The van der Waals surface area contributed by atoms with Crippen LogP contribution in [0.4, 0.5) is 11.6 Å². The first-order chi connectivity index (χ1) is 13.5. The van der Waals surface area contributed by atoms with E-state index in [-0.39, 0.29) is 12.1 Å². The molecular formula is C19H23N7O2. The minimum atomic E-state index is -0.00174. The number of hydrogen-bond acceptors (Lipinski definition) is 7. The summed E-state index contributed by atoms with van der Waals surface area (Å²) in [4.78, 5) is 9.09. The van der Waals surface area contributed by atoms with Crippen molar-refractivity contribution in [2.75, 3.05) is 18.5 Å². The number of fused-ring (bicyclic) bond motifs is 1. The first-order valence-electron chi connectivity index (χ1n) is 9.29. The van der Waals surface area contributed by atoms with Gasteiger partial charge in [-0.1, -0.05) is 6.92 Å². The quantitative estimate of drug-likeness (QED) is 0.725. The van der Waals surface area contributed by atoms with E-state index in [1.165, 1.54) is 0 Å². The van der Waals surface area contributed by atoms with Gasteiger partial charge in [-0.3, -0.25) is 4.68 Å². The lowest BCUT2D eigenvalue weighted by Crippen LogP contribution is -2.17. The minimum absolute atomic E-state index is 0.00174. The van der Waals surface area contributed by atoms with Crippen molar-refractivity contribution in [3.63, 3.8) is 0 Å². The van der Waals surface area contributed by atoms with Crippen LogP contribution in [0.1, 0.15) is 32.5 Å². The third-order valence-corrected chi connectivity index (χ3v) is 4.74. The van der Waals surface area contributed by atoms with Gasteiger partial charge in [0.25, 0.3) is 5.88 Å². The second-order valence-electron chi connectivity index (χ2n) is 7.38. The summed E-state index contributed by atoms with van der Waals surface area (Å²) in [6, 6.07) is 4.17. The van der Waals surface area contributed by atoms with Gasteiger partial charge in [0.1, 0.15) is 23.1 Å². The van der Waals surface area contributed by atoms with Gasteiger partial charge in [0.05, 0.1) is 31.6 Å². The van der Waals surface area contributed by atoms with E-state index in [0.717, 1.165) is 5.39 Å². The Labute approximate surface area is 162 Å². The molecule has 0 bridgehead atoms. The number of nitrogens with one attached hydrogen (secondary N) is 1. The standard InChI is InChI=1S/C19H23N7O2/c1-11(2)28-18-15(8-25(4)24-18)22-19-21-7-13-5-14(6-20)26(17(13)23-19)16-10-27-9-12(16)3/h5,7-8,11-12,16H,9-10H2,1-4H3,(H,21,22,23)/t12-,16-/m0/s1. The topological polar surface area (TPSA) is 103 Å². The number of anilines is 2. The van der Waals surface area contributed by atoms with Crippen LogP contribution in [0.15, 0.2) is 18.5 Å². The Morgan fingerprint density at radius 3 is 2.89 bits per heavy atom. The minimum Gasteiger partial charge on any atom is -0.472 e. The maximum absolute atomic E-state index is 9.59. The van der Waals surface area contributed by atoms with E-state index in [2.05, 4.69) is 33.4 Å². The zero-order chi connectivity index (χ0) is 19.8. The lowest BCUT2D eigenvalue weighted by Gasteiger charge is -2.17. The van der Waals surface area contributed by atoms with Gasteiger partial charge in [-0.15, -0.1) is 5.10 Å². The molecule has 146 valence electrons. The highest BCUT2D eigenvalue weighted by Gasteiger charge is 2.29. The Morgan fingerprint density at radius 1 is 1.39 bits per heavy atom. The molecule has 1 saturated heterocycles. The van der Waals surface area contributed by atoms with Crippen LogP contribution in [0.25, 0.3) is 11.0 Å². The van der Waals surface area contributed by atoms with Crippen molar-refractivity contribution < 1.29 is 9.47 Å². The molecule has 1 N–H and O–H groups in total. The van der Waals surface area contributed by atoms with Gasteiger partial charge in [-0.05, 0) is 19.9 Å². The van der Waals surface area contributed by atoms with Crippen LogP contribution in [0.3, 0.4) is 0 Å². The lowest BCUT2D eigenvalue weighted by molar-refractivity contribution is 0.182. The number of aromatic nitrogens is 5. The van der Waals surface area contributed by atoms with Crippen LogP contribution in [-0.4, -0.2) is 43.6 Å². The summed E-state index contributed by atoms with van der Waals surface area (Å²) < 4.78 is 15.0. The summed E-state index contributed by atoms with van der Waals surface area (Å²) in [5.41, 5.74) is 1.97. The monoisotopic (exact) mass is 381 g/mol. The fourth-order valence-corrected chi connectivity index (χ4v) is 3.45. The maximum atomic E-state index is 9.59. The van der Waals surface area contributed by atoms with E-state index in [1.54, 1.807) is 10.9 Å². The van der Waals surface area contributed by atoms with Crippen LogP contribution in [0.5, 0.6) is 5.88 Å². The molecule has 4 rings (SSSR count). The second-order valence-corrected chi connectivity index (χ2v) is 7.38.